The third-order valence-electron chi connectivity index (χ3n) is 6.17. The largest absolute Gasteiger partial charge is 0.465 e. The lowest BCUT2D eigenvalue weighted by Crippen LogP contribution is -2.49. The molecule has 1 saturated heterocycles. The molecule has 1 aliphatic rings. The minimum atomic E-state index is -0.421. The van der Waals surface area contributed by atoms with Crippen LogP contribution in [-0.2, 0) is 4.74 Å². The van der Waals surface area contributed by atoms with Gasteiger partial charge in [0.25, 0.3) is 5.91 Å². The molecule has 0 bridgehead atoms. The molecule has 1 unspecified atom stereocenters. The number of rotatable bonds is 5. The standard InChI is InChI=1S/C27H26Cl2N2O3/c1-18-3-5-19(6-4-18)25(23-12-11-22(28)17-24(23)29)30-13-15-31(16-14-30)26(32)20-7-9-21(10-8-20)27(33)34-2/h3-12,17,25H,13-16H2,1-2H3. The normalized spacial score (nSPS) is 15.1. The van der Waals surface area contributed by atoms with Crippen LogP contribution >= 0.6 is 23.2 Å². The molecule has 1 atom stereocenters. The average molecular weight is 497 g/mol. The topological polar surface area (TPSA) is 49.9 Å². The Balaban J connectivity index is 1.52. The van der Waals surface area contributed by atoms with E-state index in [0.29, 0.717) is 47.4 Å². The third-order valence-corrected chi connectivity index (χ3v) is 6.73. The Labute approximate surface area is 209 Å². The van der Waals surface area contributed by atoms with Gasteiger partial charge in [-0.3, -0.25) is 9.69 Å². The SMILES string of the molecule is COC(=O)c1ccc(C(=O)N2CCN(C(c3ccc(C)cc3)c3ccc(Cl)cc3Cl)CC2)cc1. The van der Waals surface area contributed by atoms with Crippen molar-refractivity contribution in [3.05, 3.63) is 105 Å². The maximum Gasteiger partial charge on any atom is 0.337 e. The van der Waals surface area contributed by atoms with E-state index >= 15 is 0 Å². The first kappa shape index (κ1) is 24.3. The van der Waals surface area contributed by atoms with E-state index in [9.17, 15) is 9.59 Å². The fraction of sp³-hybridized carbons (Fsp3) is 0.259. The fourth-order valence-corrected chi connectivity index (χ4v) is 4.80. The van der Waals surface area contributed by atoms with Crippen LogP contribution in [0.4, 0.5) is 0 Å². The Morgan fingerprint density at radius 3 is 2.06 bits per heavy atom. The van der Waals surface area contributed by atoms with E-state index in [-0.39, 0.29) is 11.9 Å². The zero-order valence-corrected chi connectivity index (χ0v) is 20.6. The summed E-state index contributed by atoms with van der Waals surface area (Å²) in [7, 11) is 1.34. The zero-order valence-electron chi connectivity index (χ0n) is 19.1. The lowest BCUT2D eigenvalue weighted by molar-refractivity contribution is 0.0587. The molecule has 1 heterocycles. The molecule has 34 heavy (non-hydrogen) atoms. The number of benzene rings is 3. The van der Waals surface area contributed by atoms with Crippen LogP contribution in [0.25, 0.3) is 0 Å². The van der Waals surface area contributed by atoms with Gasteiger partial charge in [-0.15, -0.1) is 0 Å². The van der Waals surface area contributed by atoms with Crippen LogP contribution in [0.15, 0.2) is 66.7 Å². The number of halogens is 2. The molecule has 7 heteroatoms. The molecule has 4 rings (SSSR count). The van der Waals surface area contributed by atoms with Crippen molar-refractivity contribution in [2.75, 3.05) is 33.3 Å². The highest BCUT2D eigenvalue weighted by molar-refractivity contribution is 6.35. The predicted molar refractivity (Wildman–Crippen MR) is 135 cm³/mol. The van der Waals surface area contributed by atoms with Gasteiger partial charge in [-0.25, -0.2) is 4.79 Å². The summed E-state index contributed by atoms with van der Waals surface area (Å²) in [6.45, 7) is 4.64. The molecule has 0 saturated carbocycles. The van der Waals surface area contributed by atoms with Gasteiger partial charge in [-0.1, -0.05) is 59.1 Å². The highest BCUT2D eigenvalue weighted by atomic mass is 35.5. The molecule has 0 spiro atoms. The minimum Gasteiger partial charge on any atom is -0.465 e. The number of carbonyl (C=O) groups is 2. The Kier molecular flexibility index (Phi) is 7.57. The van der Waals surface area contributed by atoms with Crippen LogP contribution in [-0.4, -0.2) is 55.0 Å². The van der Waals surface area contributed by atoms with E-state index in [1.165, 1.54) is 12.7 Å². The maximum atomic E-state index is 13.1. The van der Waals surface area contributed by atoms with Gasteiger partial charge in [-0.2, -0.15) is 0 Å². The van der Waals surface area contributed by atoms with Gasteiger partial charge >= 0.3 is 5.97 Å². The number of nitrogens with zero attached hydrogens (tertiary/aromatic N) is 2. The number of carbonyl (C=O) groups excluding carboxylic acids is 2. The summed E-state index contributed by atoms with van der Waals surface area (Å²) in [4.78, 5) is 28.9. The quantitative estimate of drug-likeness (QED) is 0.429. The molecule has 5 nitrogen and oxygen atoms in total. The van der Waals surface area contributed by atoms with Gasteiger partial charge in [0.05, 0.1) is 18.7 Å². The van der Waals surface area contributed by atoms with Gasteiger partial charge < -0.3 is 9.64 Å². The number of aryl methyl sites for hydroxylation is 1. The van der Waals surface area contributed by atoms with Gasteiger partial charge in [-0.05, 0) is 54.4 Å². The number of ether oxygens (including phenoxy) is 1. The van der Waals surface area contributed by atoms with Gasteiger partial charge in [0.15, 0.2) is 0 Å². The molecule has 176 valence electrons. The predicted octanol–water partition coefficient (Wildman–Crippen LogP) is 5.64. The summed E-state index contributed by atoms with van der Waals surface area (Å²) in [6, 6.07) is 20.6. The van der Waals surface area contributed by atoms with Gasteiger partial charge in [0.2, 0.25) is 0 Å². The molecule has 1 amide bonds. The molecule has 0 aliphatic carbocycles. The van der Waals surface area contributed by atoms with E-state index < -0.39 is 5.97 Å². The second-order valence-electron chi connectivity index (χ2n) is 8.38. The maximum absolute atomic E-state index is 13.1. The summed E-state index contributed by atoms with van der Waals surface area (Å²) < 4.78 is 4.72. The molecule has 0 N–H and O–H groups in total. The number of hydrogen-bond acceptors (Lipinski definition) is 4. The van der Waals surface area contributed by atoms with Crippen LogP contribution in [0.3, 0.4) is 0 Å². The van der Waals surface area contributed by atoms with Crippen LogP contribution < -0.4 is 0 Å². The minimum absolute atomic E-state index is 0.0399. The Bertz CT molecular complexity index is 1170. The lowest BCUT2D eigenvalue weighted by atomic mass is 9.95. The first-order chi connectivity index (χ1) is 16.4. The van der Waals surface area contributed by atoms with Crippen LogP contribution in [0.2, 0.25) is 10.0 Å². The van der Waals surface area contributed by atoms with Crippen molar-refractivity contribution in [1.82, 2.24) is 9.80 Å². The van der Waals surface area contributed by atoms with Crippen LogP contribution in [0, 0.1) is 6.92 Å². The summed E-state index contributed by atoms with van der Waals surface area (Å²) in [5.41, 5.74) is 4.31. The van der Waals surface area contributed by atoms with E-state index in [4.69, 9.17) is 27.9 Å². The van der Waals surface area contributed by atoms with Gasteiger partial charge in [0, 0.05) is 41.8 Å². The zero-order chi connectivity index (χ0) is 24.2. The van der Waals surface area contributed by atoms with Crippen molar-refractivity contribution >= 4 is 35.1 Å². The van der Waals surface area contributed by atoms with Gasteiger partial charge in [0.1, 0.15) is 0 Å². The molecule has 0 radical (unpaired) electrons. The highest BCUT2D eigenvalue weighted by Crippen LogP contribution is 2.35. The Morgan fingerprint density at radius 2 is 1.47 bits per heavy atom. The van der Waals surface area contributed by atoms with Crippen molar-refractivity contribution in [2.45, 2.75) is 13.0 Å². The highest BCUT2D eigenvalue weighted by Gasteiger charge is 2.30. The number of esters is 1. The van der Waals surface area contributed by atoms with Crippen molar-refractivity contribution < 1.29 is 14.3 Å². The molecule has 0 aromatic heterocycles. The first-order valence-electron chi connectivity index (χ1n) is 11.1. The van der Waals surface area contributed by atoms with Crippen molar-refractivity contribution in [3.63, 3.8) is 0 Å². The first-order valence-corrected chi connectivity index (χ1v) is 11.9. The van der Waals surface area contributed by atoms with E-state index in [1.54, 1.807) is 30.3 Å². The number of piperazine rings is 1. The second-order valence-corrected chi connectivity index (χ2v) is 9.22. The Hall–Kier alpha value is -2.86. The number of hydrogen-bond donors (Lipinski definition) is 0. The molecule has 3 aromatic rings. The van der Waals surface area contributed by atoms with Crippen molar-refractivity contribution in [1.29, 1.82) is 0 Å². The molecule has 3 aromatic carbocycles. The van der Waals surface area contributed by atoms with Crippen molar-refractivity contribution in [2.24, 2.45) is 0 Å². The fourth-order valence-electron chi connectivity index (χ4n) is 4.29. The second kappa shape index (κ2) is 10.6. The number of amides is 1. The summed E-state index contributed by atoms with van der Waals surface area (Å²) in [5.74, 6) is -0.469. The molecule has 1 fully saturated rings. The smallest absolute Gasteiger partial charge is 0.337 e. The summed E-state index contributed by atoms with van der Waals surface area (Å²) in [5, 5.41) is 1.23. The molecular formula is C27H26Cl2N2O3. The lowest BCUT2D eigenvalue weighted by Gasteiger charge is -2.40. The third kappa shape index (κ3) is 5.27. The Morgan fingerprint density at radius 1 is 0.853 bits per heavy atom. The summed E-state index contributed by atoms with van der Waals surface area (Å²) >= 11 is 12.8. The van der Waals surface area contributed by atoms with E-state index in [0.717, 1.165) is 11.1 Å². The average Bonchev–Trinajstić information content (AvgIpc) is 2.86. The number of methoxy groups -OCH3 is 1. The van der Waals surface area contributed by atoms with E-state index in [1.807, 2.05) is 17.0 Å². The monoisotopic (exact) mass is 496 g/mol. The van der Waals surface area contributed by atoms with Crippen molar-refractivity contribution in [3.8, 4) is 0 Å². The molecular weight excluding hydrogens is 471 g/mol. The van der Waals surface area contributed by atoms with Crippen LogP contribution in [0.5, 0.6) is 0 Å². The van der Waals surface area contributed by atoms with Crippen LogP contribution in [0.1, 0.15) is 43.4 Å². The summed E-state index contributed by atoms with van der Waals surface area (Å²) in [6.07, 6.45) is 0. The molecule has 1 aliphatic heterocycles. The van der Waals surface area contributed by atoms with E-state index in [2.05, 4.69) is 36.1 Å².